The molecule has 0 bridgehead atoms. The molecule has 0 saturated carbocycles. The Balaban J connectivity index is 1.91. The summed E-state index contributed by atoms with van der Waals surface area (Å²) in [5.41, 5.74) is 3.41. The van der Waals surface area contributed by atoms with E-state index < -0.39 is 13.7 Å². The first kappa shape index (κ1) is 25.5. The number of carbonyl (C=O) groups excluding carboxylic acids is 1. The molecule has 5 nitrogen and oxygen atoms in total. The molecule has 1 aromatic heterocycles. The third kappa shape index (κ3) is 6.70. The third-order valence-electron chi connectivity index (χ3n) is 5.77. The van der Waals surface area contributed by atoms with Crippen LogP contribution in [0.3, 0.4) is 0 Å². The second-order valence-electron chi connectivity index (χ2n) is 11.1. The zero-order valence-corrected chi connectivity index (χ0v) is 22.3. The van der Waals surface area contributed by atoms with Gasteiger partial charge in [0.05, 0.1) is 5.52 Å². The van der Waals surface area contributed by atoms with E-state index in [9.17, 15) is 9.18 Å². The lowest BCUT2D eigenvalue weighted by atomic mass is 9.99. The van der Waals surface area contributed by atoms with Crippen LogP contribution in [0, 0.1) is 5.82 Å². The summed E-state index contributed by atoms with van der Waals surface area (Å²) in [6, 6.07) is 4.33. The van der Waals surface area contributed by atoms with Crippen LogP contribution in [0.15, 0.2) is 24.4 Å². The van der Waals surface area contributed by atoms with Gasteiger partial charge < -0.3 is 18.9 Å². The molecule has 7 heteroatoms. The minimum Gasteiger partial charge on any atom is -0.444 e. The van der Waals surface area contributed by atoms with Crippen molar-refractivity contribution in [3.63, 3.8) is 0 Å². The van der Waals surface area contributed by atoms with E-state index in [2.05, 4.69) is 36.5 Å². The van der Waals surface area contributed by atoms with Gasteiger partial charge in [0.25, 0.3) is 0 Å². The summed E-state index contributed by atoms with van der Waals surface area (Å²) >= 11 is 0. The highest BCUT2D eigenvalue weighted by Gasteiger charge is 2.26. The fraction of sp³-hybridized carbons (Fsp3) is 0.577. The van der Waals surface area contributed by atoms with Gasteiger partial charge in [-0.15, -0.1) is 0 Å². The lowest BCUT2D eigenvalue weighted by Gasteiger charge is -2.30. The number of hydrogen-bond acceptors (Lipinski definition) is 3. The topological polar surface area (TPSA) is 43.7 Å². The molecule has 1 aliphatic heterocycles. The zero-order chi connectivity index (χ0) is 24.4. The van der Waals surface area contributed by atoms with Crippen molar-refractivity contribution in [3.8, 4) is 0 Å². The van der Waals surface area contributed by atoms with E-state index in [-0.39, 0.29) is 11.9 Å². The molecule has 0 saturated heterocycles. The number of aromatic nitrogens is 1. The van der Waals surface area contributed by atoms with Crippen molar-refractivity contribution in [3.05, 3.63) is 41.3 Å². The number of aryl methyl sites for hydroxylation is 1. The summed E-state index contributed by atoms with van der Waals surface area (Å²) in [6.07, 6.45) is 5.37. The number of amides is 1. The minimum atomic E-state index is -1.17. The number of benzene rings is 1. The summed E-state index contributed by atoms with van der Waals surface area (Å²) < 4.78 is 28.3. The van der Waals surface area contributed by atoms with Gasteiger partial charge in [0, 0.05) is 44.9 Å². The summed E-state index contributed by atoms with van der Waals surface area (Å²) in [5, 5.41) is 0.873. The monoisotopic (exact) mass is 474 g/mol. The maximum Gasteiger partial charge on any atom is 0.410 e. The van der Waals surface area contributed by atoms with Crippen LogP contribution < -0.4 is 0 Å². The molecule has 2 heterocycles. The van der Waals surface area contributed by atoms with Crippen molar-refractivity contribution >= 4 is 30.6 Å². The molecule has 1 amide bonds. The average Bonchev–Trinajstić information content (AvgIpc) is 3.07. The van der Waals surface area contributed by atoms with Crippen molar-refractivity contribution in [2.75, 3.05) is 19.7 Å². The van der Waals surface area contributed by atoms with Gasteiger partial charge in [-0.05, 0) is 62.9 Å². The first-order valence-corrected chi connectivity index (χ1v) is 15.6. The third-order valence-corrected chi connectivity index (χ3v) is 7.48. The SMILES string of the molecule is CCc1cc(F)cc2c(C3=CCCN(C(=O)OC(C)(C)C)C3)cn(COCC[Si](C)(C)C)c12. The average molecular weight is 475 g/mol. The summed E-state index contributed by atoms with van der Waals surface area (Å²) in [6.45, 7) is 16.9. The van der Waals surface area contributed by atoms with Gasteiger partial charge in [-0.2, -0.15) is 0 Å². The molecule has 0 atom stereocenters. The molecule has 0 radical (unpaired) electrons. The normalized spacial score (nSPS) is 15.2. The Morgan fingerprint density at radius 3 is 2.58 bits per heavy atom. The van der Waals surface area contributed by atoms with Gasteiger partial charge in [0.15, 0.2) is 0 Å². The largest absolute Gasteiger partial charge is 0.444 e. The van der Waals surface area contributed by atoms with E-state index >= 15 is 0 Å². The maximum absolute atomic E-state index is 14.5. The van der Waals surface area contributed by atoms with E-state index in [0.717, 1.165) is 53.1 Å². The molecule has 0 N–H and O–H groups in total. The maximum atomic E-state index is 14.5. The number of rotatable bonds is 7. The molecule has 0 aliphatic carbocycles. The lowest BCUT2D eigenvalue weighted by molar-refractivity contribution is 0.0273. The van der Waals surface area contributed by atoms with Gasteiger partial charge in [-0.1, -0.05) is 32.6 Å². The minimum absolute atomic E-state index is 0.238. The van der Waals surface area contributed by atoms with Crippen molar-refractivity contribution < 1.29 is 18.7 Å². The van der Waals surface area contributed by atoms with Gasteiger partial charge in [0.2, 0.25) is 0 Å². The standard InChI is InChI=1S/C26H39FN2O3Si/c1-8-19-14-21(27)15-22-23(17-29(24(19)22)18-31-12-13-33(5,6)7)20-10-9-11-28(16-20)25(30)32-26(2,3)4/h10,14-15,17H,8-9,11-13,16,18H2,1-7H3. The Morgan fingerprint density at radius 1 is 1.21 bits per heavy atom. The number of carbonyl (C=O) groups is 1. The first-order chi connectivity index (χ1) is 15.4. The molecule has 0 fully saturated rings. The Bertz CT molecular complexity index is 1030. The lowest BCUT2D eigenvalue weighted by Crippen LogP contribution is -2.39. The number of hydrogen-bond donors (Lipinski definition) is 0. The predicted molar refractivity (Wildman–Crippen MR) is 136 cm³/mol. The van der Waals surface area contributed by atoms with Gasteiger partial charge in [-0.25, -0.2) is 9.18 Å². The molecule has 3 rings (SSSR count). The van der Waals surface area contributed by atoms with E-state index in [1.807, 2.05) is 27.7 Å². The van der Waals surface area contributed by atoms with Crippen LogP contribution in [0.25, 0.3) is 16.5 Å². The fourth-order valence-corrected chi connectivity index (χ4v) is 4.84. The second-order valence-corrected chi connectivity index (χ2v) is 16.7. The Hall–Kier alpha value is -2.12. The van der Waals surface area contributed by atoms with Crippen molar-refractivity contribution in [2.45, 2.75) is 78.6 Å². The Kier molecular flexibility index (Phi) is 7.74. The molecule has 182 valence electrons. The highest BCUT2D eigenvalue weighted by molar-refractivity contribution is 6.76. The highest BCUT2D eigenvalue weighted by atomic mass is 28.3. The molecule has 33 heavy (non-hydrogen) atoms. The summed E-state index contributed by atoms with van der Waals surface area (Å²) in [4.78, 5) is 14.4. The molecule has 0 spiro atoms. The van der Waals surface area contributed by atoms with Crippen molar-refractivity contribution in [2.24, 2.45) is 0 Å². The number of fused-ring (bicyclic) bond motifs is 1. The van der Waals surface area contributed by atoms with E-state index in [0.29, 0.717) is 19.8 Å². The van der Waals surface area contributed by atoms with Crippen LogP contribution in [0.1, 0.15) is 45.2 Å². The molecular weight excluding hydrogens is 435 g/mol. The molecule has 2 aromatic rings. The smallest absolute Gasteiger partial charge is 0.410 e. The van der Waals surface area contributed by atoms with Gasteiger partial charge in [0.1, 0.15) is 18.1 Å². The van der Waals surface area contributed by atoms with Crippen LogP contribution in [0.4, 0.5) is 9.18 Å². The number of nitrogens with zero attached hydrogens (tertiary/aromatic N) is 2. The van der Waals surface area contributed by atoms with E-state index in [4.69, 9.17) is 9.47 Å². The van der Waals surface area contributed by atoms with Crippen LogP contribution in [-0.4, -0.2) is 48.9 Å². The predicted octanol–water partition coefficient (Wildman–Crippen LogP) is 6.68. The van der Waals surface area contributed by atoms with Crippen LogP contribution >= 0.6 is 0 Å². The molecule has 0 unspecified atom stereocenters. The number of halogens is 1. The summed E-state index contributed by atoms with van der Waals surface area (Å²) in [7, 11) is -1.17. The van der Waals surface area contributed by atoms with Crippen LogP contribution in [0.5, 0.6) is 0 Å². The fourth-order valence-electron chi connectivity index (χ4n) is 4.08. The van der Waals surface area contributed by atoms with Crippen LogP contribution in [-0.2, 0) is 22.6 Å². The van der Waals surface area contributed by atoms with Crippen molar-refractivity contribution in [1.29, 1.82) is 0 Å². The molecular formula is C26H39FN2O3Si. The van der Waals surface area contributed by atoms with E-state index in [1.165, 1.54) is 0 Å². The van der Waals surface area contributed by atoms with Gasteiger partial charge >= 0.3 is 6.09 Å². The molecule has 1 aromatic carbocycles. The zero-order valence-electron chi connectivity index (χ0n) is 21.3. The first-order valence-electron chi connectivity index (χ1n) is 11.9. The Labute approximate surface area is 198 Å². The van der Waals surface area contributed by atoms with Gasteiger partial charge in [-0.3, -0.25) is 0 Å². The quantitative estimate of drug-likeness (QED) is 0.332. The Morgan fingerprint density at radius 2 is 1.94 bits per heavy atom. The summed E-state index contributed by atoms with van der Waals surface area (Å²) in [5.74, 6) is -0.238. The molecule has 1 aliphatic rings. The second kappa shape index (κ2) is 10.0. The van der Waals surface area contributed by atoms with Crippen molar-refractivity contribution in [1.82, 2.24) is 9.47 Å². The number of ether oxygens (including phenoxy) is 2. The van der Waals surface area contributed by atoms with E-state index in [1.54, 1.807) is 17.0 Å². The highest BCUT2D eigenvalue weighted by Crippen LogP contribution is 2.33. The van der Waals surface area contributed by atoms with Crippen LogP contribution in [0.2, 0.25) is 25.7 Å².